The maximum Gasteiger partial charge on any atom is 0.228 e. The number of anilines is 1. The minimum atomic E-state index is -0.796. The van der Waals surface area contributed by atoms with E-state index in [1.54, 1.807) is 19.2 Å². The Morgan fingerprint density at radius 1 is 1.16 bits per heavy atom. The number of methoxy groups -OCH3 is 1. The summed E-state index contributed by atoms with van der Waals surface area (Å²) in [6, 6.07) is 12.1. The number of rotatable bonds is 6. The number of para-hydroxylation sites is 2. The van der Waals surface area contributed by atoms with Gasteiger partial charge >= 0.3 is 0 Å². The van der Waals surface area contributed by atoms with E-state index in [-0.39, 0.29) is 11.8 Å². The van der Waals surface area contributed by atoms with Crippen molar-refractivity contribution in [2.75, 3.05) is 39.1 Å². The Labute approximate surface area is 188 Å². The molecule has 0 saturated carbocycles. The van der Waals surface area contributed by atoms with Gasteiger partial charge in [0.15, 0.2) is 11.6 Å². The molecule has 0 unspecified atom stereocenters. The molecule has 2 aromatic carbocycles. The molecule has 0 radical (unpaired) electrons. The van der Waals surface area contributed by atoms with Gasteiger partial charge in [-0.3, -0.25) is 9.69 Å². The molecule has 2 fully saturated rings. The summed E-state index contributed by atoms with van der Waals surface area (Å²) in [5, 5.41) is 3.02. The highest BCUT2D eigenvalue weighted by atomic mass is 19.2. The lowest BCUT2D eigenvalue weighted by Gasteiger charge is -2.38. The fraction of sp³-hybridized carbons (Fsp3) is 0.480. The molecule has 2 heterocycles. The molecule has 0 aliphatic carbocycles. The summed E-state index contributed by atoms with van der Waals surface area (Å²) >= 11 is 0. The van der Waals surface area contributed by atoms with Gasteiger partial charge in [0.05, 0.1) is 18.7 Å². The molecule has 3 atom stereocenters. The quantitative estimate of drug-likeness (QED) is 0.729. The Hall–Kier alpha value is -2.51. The summed E-state index contributed by atoms with van der Waals surface area (Å²) in [5.41, 5.74) is 1.09. The maximum absolute atomic E-state index is 14.1. The highest BCUT2D eigenvalue weighted by Crippen LogP contribution is 2.34. The lowest BCUT2D eigenvalue weighted by molar-refractivity contribution is -0.119. The van der Waals surface area contributed by atoms with Crippen molar-refractivity contribution in [3.05, 3.63) is 59.7 Å². The first-order valence-corrected chi connectivity index (χ1v) is 11.3. The standard InChI is InChI=1S/C25H31F2N3O2/c1-29-14-19(25(31)28-21-10-3-4-11-23(21)32-2)13-22(29)17-8-6-12-30(15-17)16-18-7-5-9-20(26)24(18)27/h3-5,7,9-11,17,19,22H,6,8,12-16H2,1-2H3,(H,28,31)/t17-,19+,22-/m0/s1. The van der Waals surface area contributed by atoms with E-state index in [4.69, 9.17) is 4.74 Å². The van der Waals surface area contributed by atoms with Crippen molar-refractivity contribution in [1.82, 2.24) is 9.80 Å². The molecule has 1 N–H and O–H groups in total. The van der Waals surface area contributed by atoms with Crippen LogP contribution in [0.5, 0.6) is 5.75 Å². The van der Waals surface area contributed by atoms with Gasteiger partial charge in [0.25, 0.3) is 0 Å². The van der Waals surface area contributed by atoms with Gasteiger partial charge in [0.1, 0.15) is 5.75 Å². The number of nitrogens with one attached hydrogen (secondary N) is 1. The van der Waals surface area contributed by atoms with Gasteiger partial charge in [-0.2, -0.15) is 0 Å². The predicted molar refractivity (Wildman–Crippen MR) is 121 cm³/mol. The molecule has 2 saturated heterocycles. The van der Waals surface area contributed by atoms with Crippen LogP contribution in [0.4, 0.5) is 14.5 Å². The molecule has 1 amide bonds. The molecule has 2 aromatic rings. The average molecular weight is 444 g/mol. The minimum absolute atomic E-state index is 0.0124. The van der Waals surface area contributed by atoms with E-state index in [1.165, 1.54) is 0 Å². The normalized spacial score (nSPS) is 24.4. The lowest BCUT2D eigenvalue weighted by atomic mass is 9.87. The second kappa shape index (κ2) is 9.96. The smallest absolute Gasteiger partial charge is 0.228 e. The number of ether oxygens (including phenoxy) is 1. The highest BCUT2D eigenvalue weighted by molar-refractivity contribution is 5.94. The van der Waals surface area contributed by atoms with Crippen molar-refractivity contribution in [3.63, 3.8) is 0 Å². The zero-order chi connectivity index (χ0) is 22.7. The first kappa shape index (κ1) is 22.7. The maximum atomic E-state index is 14.1. The number of hydrogen-bond acceptors (Lipinski definition) is 4. The van der Waals surface area contributed by atoms with Crippen LogP contribution >= 0.6 is 0 Å². The first-order valence-electron chi connectivity index (χ1n) is 11.3. The third-order valence-electron chi connectivity index (χ3n) is 6.85. The Morgan fingerprint density at radius 2 is 1.97 bits per heavy atom. The lowest BCUT2D eigenvalue weighted by Crippen LogP contribution is -2.43. The van der Waals surface area contributed by atoms with Crippen molar-refractivity contribution < 1.29 is 18.3 Å². The second-order valence-corrected chi connectivity index (χ2v) is 8.98. The van der Waals surface area contributed by atoms with Gasteiger partial charge in [-0.25, -0.2) is 8.78 Å². The molecule has 0 aromatic heterocycles. The molecule has 5 nitrogen and oxygen atoms in total. The van der Waals surface area contributed by atoms with Gasteiger partial charge in [-0.15, -0.1) is 0 Å². The van der Waals surface area contributed by atoms with Gasteiger partial charge in [-0.1, -0.05) is 24.3 Å². The van der Waals surface area contributed by atoms with Crippen molar-refractivity contribution in [2.24, 2.45) is 11.8 Å². The molecule has 2 aliphatic rings. The van der Waals surface area contributed by atoms with E-state index < -0.39 is 11.6 Å². The minimum Gasteiger partial charge on any atom is -0.495 e. The van der Waals surface area contributed by atoms with Crippen LogP contribution in [-0.2, 0) is 11.3 Å². The van der Waals surface area contributed by atoms with E-state index in [0.29, 0.717) is 42.0 Å². The van der Waals surface area contributed by atoms with E-state index in [1.807, 2.05) is 24.3 Å². The molecule has 32 heavy (non-hydrogen) atoms. The summed E-state index contributed by atoms with van der Waals surface area (Å²) in [7, 11) is 3.67. The predicted octanol–water partition coefficient (Wildman–Crippen LogP) is 4.14. The third-order valence-corrected chi connectivity index (χ3v) is 6.85. The number of benzene rings is 2. The van der Waals surface area contributed by atoms with E-state index in [9.17, 15) is 13.6 Å². The Morgan fingerprint density at radius 3 is 2.78 bits per heavy atom. The Bertz CT molecular complexity index is 955. The summed E-state index contributed by atoms with van der Waals surface area (Å²) in [6.45, 7) is 2.82. The molecule has 2 aliphatic heterocycles. The largest absolute Gasteiger partial charge is 0.495 e. The van der Waals surface area contributed by atoms with E-state index in [2.05, 4.69) is 22.2 Å². The monoisotopic (exact) mass is 443 g/mol. The van der Waals surface area contributed by atoms with Crippen LogP contribution in [0.3, 0.4) is 0 Å². The van der Waals surface area contributed by atoms with Crippen molar-refractivity contribution in [3.8, 4) is 5.75 Å². The summed E-state index contributed by atoms with van der Waals surface area (Å²) in [5.74, 6) is -0.578. The van der Waals surface area contributed by atoms with Crippen LogP contribution in [0.15, 0.2) is 42.5 Å². The number of carbonyl (C=O) groups is 1. The van der Waals surface area contributed by atoms with Crippen molar-refractivity contribution in [1.29, 1.82) is 0 Å². The molecule has 7 heteroatoms. The molecular weight excluding hydrogens is 412 g/mol. The zero-order valence-corrected chi connectivity index (χ0v) is 18.7. The van der Waals surface area contributed by atoms with Gasteiger partial charge in [0.2, 0.25) is 5.91 Å². The van der Waals surface area contributed by atoms with E-state index >= 15 is 0 Å². The summed E-state index contributed by atoms with van der Waals surface area (Å²) < 4.78 is 33.1. The Kier molecular flexibility index (Phi) is 7.06. The van der Waals surface area contributed by atoms with Gasteiger partial charge < -0.3 is 15.0 Å². The molecule has 4 rings (SSSR count). The van der Waals surface area contributed by atoms with Crippen LogP contribution in [-0.4, -0.2) is 55.5 Å². The SMILES string of the molecule is COc1ccccc1NC(=O)[C@@H]1C[C@@H]([C@H]2CCCN(Cc3cccc(F)c3F)C2)N(C)C1. The number of carbonyl (C=O) groups excluding carboxylic acids is 1. The fourth-order valence-corrected chi connectivity index (χ4v) is 5.21. The summed E-state index contributed by atoms with van der Waals surface area (Å²) in [6.07, 6.45) is 2.90. The highest BCUT2D eigenvalue weighted by Gasteiger charge is 2.39. The number of nitrogens with zero attached hydrogens (tertiary/aromatic N) is 2. The average Bonchev–Trinajstić information content (AvgIpc) is 3.19. The number of halogens is 2. The number of piperidine rings is 1. The van der Waals surface area contributed by atoms with Crippen LogP contribution < -0.4 is 10.1 Å². The van der Waals surface area contributed by atoms with Crippen LogP contribution in [0, 0.1) is 23.5 Å². The van der Waals surface area contributed by atoms with Crippen LogP contribution in [0.1, 0.15) is 24.8 Å². The topological polar surface area (TPSA) is 44.8 Å². The number of hydrogen-bond donors (Lipinski definition) is 1. The first-order chi connectivity index (χ1) is 15.5. The Balaban J connectivity index is 1.37. The molecular formula is C25H31F2N3O2. The third kappa shape index (κ3) is 4.94. The second-order valence-electron chi connectivity index (χ2n) is 8.98. The van der Waals surface area contributed by atoms with Gasteiger partial charge in [-0.05, 0) is 57.0 Å². The van der Waals surface area contributed by atoms with E-state index in [0.717, 1.165) is 38.4 Å². The molecule has 0 bridgehead atoms. The fourth-order valence-electron chi connectivity index (χ4n) is 5.21. The van der Waals surface area contributed by atoms with Crippen molar-refractivity contribution in [2.45, 2.75) is 31.8 Å². The number of amides is 1. The molecule has 172 valence electrons. The van der Waals surface area contributed by atoms with Crippen molar-refractivity contribution >= 4 is 11.6 Å². The number of likely N-dealkylation sites (tertiary alicyclic amines) is 2. The van der Waals surface area contributed by atoms with Crippen LogP contribution in [0.25, 0.3) is 0 Å². The van der Waals surface area contributed by atoms with Crippen LogP contribution in [0.2, 0.25) is 0 Å². The zero-order valence-electron chi connectivity index (χ0n) is 18.7. The molecule has 0 spiro atoms. The van der Waals surface area contributed by atoms with Gasteiger partial charge in [0, 0.05) is 31.2 Å². The summed E-state index contributed by atoms with van der Waals surface area (Å²) in [4.78, 5) is 17.4.